The summed E-state index contributed by atoms with van der Waals surface area (Å²) in [6.07, 6.45) is 0. The molecular weight excluding hydrogens is 360 g/mol. The Labute approximate surface area is 156 Å². The minimum Gasteiger partial charge on any atom is -0.495 e. The van der Waals surface area contributed by atoms with Gasteiger partial charge in [-0.3, -0.25) is 9.59 Å². The number of ether oxygens (including phenoxy) is 1. The van der Waals surface area contributed by atoms with Crippen molar-refractivity contribution in [3.8, 4) is 5.75 Å². The molecule has 25 heavy (non-hydrogen) atoms. The Morgan fingerprint density at radius 3 is 2.56 bits per heavy atom. The quantitative estimate of drug-likeness (QED) is 0.762. The number of rotatable bonds is 7. The van der Waals surface area contributed by atoms with Gasteiger partial charge in [0.2, 0.25) is 11.8 Å². The standard InChI is InChI=1S/C18H19ClN2O3S/c1-12(25-11-17(22)20-14-6-4-3-5-7-14)18(23)21-15-10-13(19)8-9-16(15)24-2/h3-10,12H,11H2,1-2H3,(H,20,22)(H,21,23)/t12-/m1/s1. The van der Waals surface area contributed by atoms with Gasteiger partial charge in [0.05, 0.1) is 23.8 Å². The zero-order valence-electron chi connectivity index (χ0n) is 13.9. The monoisotopic (exact) mass is 378 g/mol. The average Bonchev–Trinajstić information content (AvgIpc) is 2.60. The maximum atomic E-state index is 12.3. The van der Waals surface area contributed by atoms with E-state index in [9.17, 15) is 9.59 Å². The summed E-state index contributed by atoms with van der Waals surface area (Å²) in [5.74, 6) is 0.321. The van der Waals surface area contributed by atoms with Crippen LogP contribution in [0.4, 0.5) is 11.4 Å². The molecule has 7 heteroatoms. The van der Waals surface area contributed by atoms with E-state index in [-0.39, 0.29) is 17.6 Å². The summed E-state index contributed by atoms with van der Waals surface area (Å²) in [5, 5.41) is 5.64. The van der Waals surface area contributed by atoms with Crippen molar-refractivity contribution in [3.63, 3.8) is 0 Å². The largest absolute Gasteiger partial charge is 0.495 e. The number of halogens is 1. The molecule has 0 spiro atoms. The van der Waals surface area contributed by atoms with Crippen molar-refractivity contribution < 1.29 is 14.3 Å². The molecule has 2 amide bonds. The lowest BCUT2D eigenvalue weighted by Gasteiger charge is -2.14. The van der Waals surface area contributed by atoms with Crippen LogP contribution < -0.4 is 15.4 Å². The molecular formula is C18H19ClN2O3S. The summed E-state index contributed by atoms with van der Waals surface area (Å²) >= 11 is 7.20. The van der Waals surface area contributed by atoms with Crippen molar-refractivity contribution in [2.75, 3.05) is 23.5 Å². The third-order valence-electron chi connectivity index (χ3n) is 3.31. The van der Waals surface area contributed by atoms with Gasteiger partial charge in [0.25, 0.3) is 0 Å². The summed E-state index contributed by atoms with van der Waals surface area (Å²) in [6, 6.07) is 14.2. The van der Waals surface area contributed by atoms with E-state index in [0.717, 1.165) is 5.69 Å². The number of anilines is 2. The summed E-state index contributed by atoms with van der Waals surface area (Å²) in [7, 11) is 1.52. The normalized spacial score (nSPS) is 11.5. The molecule has 1 atom stereocenters. The van der Waals surface area contributed by atoms with Gasteiger partial charge in [-0.1, -0.05) is 29.8 Å². The SMILES string of the molecule is COc1ccc(Cl)cc1NC(=O)[C@@H](C)SCC(=O)Nc1ccccc1. The van der Waals surface area contributed by atoms with Gasteiger partial charge in [-0.25, -0.2) is 0 Å². The van der Waals surface area contributed by atoms with Crippen LogP contribution in [-0.4, -0.2) is 29.9 Å². The third-order valence-corrected chi connectivity index (χ3v) is 4.69. The lowest BCUT2D eigenvalue weighted by atomic mass is 10.3. The number of nitrogens with one attached hydrogen (secondary N) is 2. The van der Waals surface area contributed by atoms with Crippen LogP contribution in [0.1, 0.15) is 6.92 Å². The van der Waals surface area contributed by atoms with Crippen LogP contribution in [0, 0.1) is 0 Å². The molecule has 0 heterocycles. The van der Waals surface area contributed by atoms with E-state index in [4.69, 9.17) is 16.3 Å². The van der Waals surface area contributed by atoms with Crippen molar-refractivity contribution in [1.82, 2.24) is 0 Å². The molecule has 2 aromatic carbocycles. The fraction of sp³-hybridized carbons (Fsp3) is 0.222. The highest BCUT2D eigenvalue weighted by molar-refractivity contribution is 8.01. The Morgan fingerprint density at radius 1 is 1.16 bits per heavy atom. The van der Waals surface area contributed by atoms with Crippen LogP contribution in [0.5, 0.6) is 5.75 Å². The zero-order valence-corrected chi connectivity index (χ0v) is 15.5. The second kappa shape index (κ2) is 9.34. The molecule has 2 aromatic rings. The molecule has 0 bridgehead atoms. The van der Waals surface area contributed by atoms with Crippen molar-refractivity contribution in [2.45, 2.75) is 12.2 Å². The van der Waals surface area contributed by atoms with Gasteiger partial charge in [-0.15, -0.1) is 11.8 Å². The molecule has 0 aliphatic carbocycles. The Morgan fingerprint density at radius 2 is 1.88 bits per heavy atom. The Balaban J connectivity index is 1.86. The summed E-state index contributed by atoms with van der Waals surface area (Å²) in [5.41, 5.74) is 1.23. The smallest absolute Gasteiger partial charge is 0.237 e. The first-order valence-electron chi connectivity index (χ1n) is 7.60. The van der Waals surface area contributed by atoms with Gasteiger partial charge in [-0.05, 0) is 37.3 Å². The summed E-state index contributed by atoms with van der Waals surface area (Å²) in [6.45, 7) is 1.74. The average molecular weight is 379 g/mol. The predicted octanol–water partition coefficient (Wildman–Crippen LogP) is 4.05. The highest BCUT2D eigenvalue weighted by atomic mass is 35.5. The van der Waals surface area contributed by atoms with Crippen LogP contribution in [0.3, 0.4) is 0 Å². The number of carbonyl (C=O) groups excluding carboxylic acids is 2. The number of thioether (sulfide) groups is 1. The van der Waals surface area contributed by atoms with Gasteiger partial charge < -0.3 is 15.4 Å². The van der Waals surface area contributed by atoms with Gasteiger partial charge >= 0.3 is 0 Å². The van der Waals surface area contributed by atoms with Crippen molar-refractivity contribution in [3.05, 3.63) is 53.6 Å². The number of amides is 2. The molecule has 0 aliphatic heterocycles. The summed E-state index contributed by atoms with van der Waals surface area (Å²) < 4.78 is 5.20. The van der Waals surface area contributed by atoms with Crippen LogP contribution in [-0.2, 0) is 9.59 Å². The van der Waals surface area contributed by atoms with Crippen LogP contribution >= 0.6 is 23.4 Å². The molecule has 0 fully saturated rings. The molecule has 132 valence electrons. The fourth-order valence-electron chi connectivity index (χ4n) is 2.01. The second-order valence-corrected chi connectivity index (χ2v) is 6.97. The van der Waals surface area contributed by atoms with Crippen molar-refractivity contribution in [2.24, 2.45) is 0 Å². The number of methoxy groups -OCH3 is 1. The number of hydrogen-bond donors (Lipinski definition) is 2. The molecule has 0 radical (unpaired) electrons. The molecule has 2 rings (SSSR count). The second-order valence-electron chi connectivity index (χ2n) is 5.20. The van der Waals surface area contributed by atoms with Gasteiger partial charge in [0, 0.05) is 10.7 Å². The molecule has 2 N–H and O–H groups in total. The van der Waals surface area contributed by atoms with E-state index in [1.165, 1.54) is 18.9 Å². The van der Waals surface area contributed by atoms with E-state index in [1.54, 1.807) is 25.1 Å². The van der Waals surface area contributed by atoms with Crippen LogP contribution in [0.2, 0.25) is 5.02 Å². The molecule has 0 unspecified atom stereocenters. The van der Waals surface area contributed by atoms with E-state index in [1.807, 2.05) is 30.3 Å². The Kier molecular flexibility index (Phi) is 7.16. The lowest BCUT2D eigenvalue weighted by Crippen LogP contribution is -2.25. The van der Waals surface area contributed by atoms with Crippen molar-refractivity contribution in [1.29, 1.82) is 0 Å². The first-order valence-corrected chi connectivity index (χ1v) is 9.03. The third kappa shape index (κ3) is 5.99. The van der Waals surface area contributed by atoms with Crippen LogP contribution in [0.25, 0.3) is 0 Å². The molecule has 0 saturated carbocycles. The minimum atomic E-state index is -0.412. The van der Waals surface area contributed by atoms with E-state index in [2.05, 4.69) is 10.6 Å². The first-order chi connectivity index (χ1) is 12.0. The number of para-hydroxylation sites is 1. The maximum absolute atomic E-state index is 12.3. The van der Waals surface area contributed by atoms with E-state index in [0.29, 0.717) is 16.5 Å². The van der Waals surface area contributed by atoms with E-state index < -0.39 is 5.25 Å². The number of hydrogen-bond acceptors (Lipinski definition) is 4. The Hall–Kier alpha value is -2.18. The van der Waals surface area contributed by atoms with Gasteiger partial charge in [0.15, 0.2) is 0 Å². The molecule has 0 saturated heterocycles. The predicted molar refractivity (Wildman–Crippen MR) is 104 cm³/mol. The number of benzene rings is 2. The van der Waals surface area contributed by atoms with Gasteiger partial charge in [-0.2, -0.15) is 0 Å². The fourth-order valence-corrected chi connectivity index (χ4v) is 2.86. The highest BCUT2D eigenvalue weighted by Crippen LogP contribution is 2.28. The highest BCUT2D eigenvalue weighted by Gasteiger charge is 2.17. The zero-order chi connectivity index (χ0) is 18.2. The topological polar surface area (TPSA) is 67.4 Å². The van der Waals surface area contributed by atoms with Gasteiger partial charge in [0.1, 0.15) is 5.75 Å². The molecule has 0 aliphatic rings. The first kappa shape index (κ1) is 19.1. The lowest BCUT2D eigenvalue weighted by molar-refractivity contribution is -0.115. The number of carbonyl (C=O) groups is 2. The molecule has 0 aromatic heterocycles. The van der Waals surface area contributed by atoms with Crippen molar-refractivity contribution >= 4 is 46.6 Å². The van der Waals surface area contributed by atoms with E-state index >= 15 is 0 Å². The maximum Gasteiger partial charge on any atom is 0.237 e. The Bertz CT molecular complexity index is 740. The van der Waals surface area contributed by atoms with Crippen LogP contribution in [0.15, 0.2) is 48.5 Å². The molecule has 5 nitrogen and oxygen atoms in total. The summed E-state index contributed by atoms with van der Waals surface area (Å²) in [4.78, 5) is 24.2. The minimum absolute atomic E-state index is 0.156.